The standard InChI is InChI=1S/C17H24ClN3/c1-11(2)21-17(15(18)10-20-21)16(19-5)9-14-7-6-12(3)13(4)8-14/h6-8,10-11,16,19H,9H2,1-5H3. The van der Waals surface area contributed by atoms with Crippen LogP contribution in [0.1, 0.15) is 48.3 Å². The molecule has 0 fully saturated rings. The normalized spacial score (nSPS) is 12.9. The number of halogens is 1. The van der Waals surface area contributed by atoms with Gasteiger partial charge in [-0.3, -0.25) is 4.68 Å². The van der Waals surface area contributed by atoms with Crippen LogP contribution in [0.3, 0.4) is 0 Å². The molecule has 1 N–H and O–H groups in total. The largest absolute Gasteiger partial charge is 0.311 e. The lowest BCUT2D eigenvalue weighted by Crippen LogP contribution is -2.23. The molecule has 114 valence electrons. The molecule has 0 aliphatic carbocycles. The van der Waals surface area contributed by atoms with Crippen LogP contribution in [0, 0.1) is 13.8 Å². The van der Waals surface area contributed by atoms with Gasteiger partial charge in [0.05, 0.1) is 23.0 Å². The zero-order chi connectivity index (χ0) is 15.6. The van der Waals surface area contributed by atoms with Gasteiger partial charge in [0.2, 0.25) is 0 Å². The average molecular weight is 306 g/mol. The summed E-state index contributed by atoms with van der Waals surface area (Å²) in [5.74, 6) is 0. The van der Waals surface area contributed by atoms with Gasteiger partial charge in [0.25, 0.3) is 0 Å². The number of likely N-dealkylation sites (N-methyl/N-ethyl adjacent to an activating group) is 1. The SMILES string of the molecule is CNC(Cc1ccc(C)c(C)c1)c1c(Cl)cnn1C(C)C. The van der Waals surface area contributed by atoms with Gasteiger partial charge in [-0.15, -0.1) is 0 Å². The second-order valence-corrected chi connectivity index (χ2v) is 6.29. The van der Waals surface area contributed by atoms with E-state index in [0.717, 1.165) is 17.1 Å². The van der Waals surface area contributed by atoms with Crippen LogP contribution >= 0.6 is 11.6 Å². The van der Waals surface area contributed by atoms with Crippen LogP contribution < -0.4 is 5.32 Å². The van der Waals surface area contributed by atoms with E-state index in [0.29, 0.717) is 6.04 Å². The summed E-state index contributed by atoms with van der Waals surface area (Å²) in [4.78, 5) is 0. The first kappa shape index (κ1) is 16.1. The Kier molecular flexibility index (Phi) is 5.07. The Labute approximate surface area is 132 Å². The van der Waals surface area contributed by atoms with Gasteiger partial charge in [-0.1, -0.05) is 29.8 Å². The van der Waals surface area contributed by atoms with E-state index in [-0.39, 0.29) is 6.04 Å². The molecular weight excluding hydrogens is 282 g/mol. The first-order valence-corrected chi connectivity index (χ1v) is 7.78. The fourth-order valence-electron chi connectivity index (χ4n) is 2.59. The third-order valence-corrected chi connectivity index (χ3v) is 4.26. The monoisotopic (exact) mass is 305 g/mol. The quantitative estimate of drug-likeness (QED) is 0.895. The van der Waals surface area contributed by atoms with Gasteiger partial charge in [-0.2, -0.15) is 5.10 Å². The number of aryl methyl sites for hydroxylation is 2. The fourth-order valence-corrected chi connectivity index (χ4v) is 2.85. The first-order chi connectivity index (χ1) is 9.93. The van der Waals surface area contributed by atoms with Gasteiger partial charge >= 0.3 is 0 Å². The Morgan fingerprint density at radius 3 is 2.52 bits per heavy atom. The van der Waals surface area contributed by atoms with E-state index < -0.39 is 0 Å². The lowest BCUT2D eigenvalue weighted by Gasteiger charge is -2.21. The molecule has 1 aromatic heterocycles. The zero-order valence-electron chi connectivity index (χ0n) is 13.4. The maximum Gasteiger partial charge on any atom is 0.0834 e. The molecule has 1 atom stereocenters. The lowest BCUT2D eigenvalue weighted by atomic mass is 9.99. The summed E-state index contributed by atoms with van der Waals surface area (Å²) in [5, 5.41) is 8.51. The molecule has 2 rings (SSSR count). The molecule has 21 heavy (non-hydrogen) atoms. The van der Waals surface area contributed by atoms with Gasteiger partial charge < -0.3 is 5.32 Å². The summed E-state index contributed by atoms with van der Waals surface area (Å²) in [6, 6.07) is 7.08. The topological polar surface area (TPSA) is 29.9 Å². The maximum absolute atomic E-state index is 6.36. The van der Waals surface area contributed by atoms with Crippen molar-refractivity contribution in [2.45, 2.75) is 46.2 Å². The van der Waals surface area contributed by atoms with Crippen molar-refractivity contribution in [2.75, 3.05) is 7.05 Å². The van der Waals surface area contributed by atoms with Crippen molar-refractivity contribution < 1.29 is 0 Å². The second-order valence-electron chi connectivity index (χ2n) is 5.88. The predicted octanol–water partition coefficient (Wildman–Crippen LogP) is 4.24. The zero-order valence-corrected chi connectivity index (χ0v) is 14.2. The van der Waals surface area contributed by atoms with Crippen LogP contribution in [0.4, 0.5) is 0 Å². The molecule has 2 aromatic rings. The molecule has 0 radical (unpaired) electrons. The van der Waals surface area contributed by atoms with E-state index in [1.165, 1.54) is 16.7 Å². The lowest BCUT2D eigenvalue weighted by molar-refractivity contribution is 0.460. The molecule has 0 saturated heterocycles. The Morgan fingerprint density at radius 1 is 1.24 bits per heavy atom. The number of hydrogen-bond donors (Lipinski definition) is 1. The van der Waals surface area contributed by atoms with Crippen LogP contribution in [-0.4, -0.2) is 16.8 Å². The molecule has 0 spiro atoms. The van der Waals surface area contributed by atoms with Crippen molar-refractivity contribution in [1.82, 2.24) is 15.1 Å². The fraction of sp³-hybridized carbons (Fsp3) is 0.471. The smallest absolute Gasteiger partial charge is 0.0834 e. The van der Waals surface area contributed by atoms with Crippen LogP contribution in [0.15, 0.2) is 24.4 Å². The summed E-state index contributed by atoms with van der Waals surface area (Å²) in [6.45, 7) is 8.53. The molecule has 1 heterocycles. The van der Waals surface area contributed by atoms with E-state index in [9.17, 15) is 0 Å². The number of aromatic nitrogens is 2. The first-order valence-electron chi connectivity index (χ1n) is 7.40. The predicted molar refractivity (Wildman–Crippen MR) is 89.0 cm³/mol. The van der Waals surface area contributed by atoms with E-state index >= 15 is 0 Å². The van der Waals surface area contributed by atoms with Gasteiger partial charge in [0.15, 0.2) is 0 Å². The minimum Gasteiger partial charge on any atom is -0.311 e. The van der Waals surface area contributed by atoms with Crippen LogP contribution in [-0.2, 0) is 6.42 Å². The summed E-state index contributed by atoms with van der Waals surface area (Å²) in [7, 11) is 1.97. The number of nitrogens with one attached hydrogen (secondary N) is 1. The Bertz CT molecular complexity index is 616. The molecular formula is C17H24ClN3. The molecule has 0 aliphatic rings. The van der Waals surface area contributed by atoms with Gasteiger partial charge in [-0.05, 0) is 57.9 Å². The highest BCUT2D eigenvalue weighted by atomic mass is 35.5. The van der Waals surface area contributed by atoms with E-state index in [1.54, 1.807) is 6.20 Å². The number of nitrogens with zero attached hydrogens (tertiary/aromatic N) is 2. The minimum atomic E-state index is 0.157. The molecule has 4 heteroatoms. The summed E-state index contributed by atoms with van der Waals surface area (Å²) in [5.41, 5.74) is 5.02. The second kappa shape index (κ2) is 6.63. The molecule has 1 aromatic carbocycles. The van der Waals surface area contributed by atoms with Crippen molar-refractivity contribution >= 4 is 11.6 Å². The van der Waals surface area contributed by atoms with Crippen molar-refractivity contribution in [2.24, 2.45) is 0 Å². The van der Waals surface area contributed by atoms with Gasteiger partial charge in [0, 0.05) is 6.04 Å². The Morgan fingerprint density at radius 2 is 1.95 bits per heavy atom. The molecule has 0 saturated carbocycles. The summed E-state index contributed by atoms with van der Waals surface area (Å²) in [6.07, 6.45) is 2.64. The van der Waals surface area contributed by atoms with Crippen molar-refractivity contribution in [3.05, 3.63) is 51.8 Å². The molecule has 3 nitrogen and oxygen atoms in total. The maximum atomic E-state index is 6.36. The highest BCUT2D eigenvalue weighted by molar-refractivity contribution is 6.31. The molecule has 0 amide bonds. The van der Waals surface area contributed by atoms with Crippen molar-refractivity contribution in [1.29, 1.82) is 0 Å². The Balaban J connectivity index is 2.32. The molecule has 1 unspecified atom stereocenters. The summed E-state index contributed by atoms with van der Waals surface area (Å²) < 4.78 is 2.00. The third kappa shape index (κ3) is 3.47. The van der Waals surface area contributed by atoms with Gasteiger partial charge in [0.1, 0.15) is 0 Å². The third-order valence-electron chi connectivity index (χ3n) is 3.97. The van der Waals surface area contributed by atoms with Crippen LogP contribution in [0.2, 0.25) is 5.02 Å². The highest BCUT2D eigenvalue weighted by Gasteiger charge is 2.20. The van der Waals surface area contributed by atoms with Crippen LogP contribution in [0.5, 0.6) is 0 Å². The van der Waals surface area contributed by atoms with E-state index in [1.807, 2.05) is 11.7 Å². The number of benzene rings is 1. The van der Waals surface area contributed by atoms with E-state index in [4.69, 9.17) is 11.6 Å². The highest BCUT2D eigenvalue weighted by Crippen LogP contribution is 2.28. The van der Waals surface area contributed by atoms with E-state index in [2.05, 4.69) is 56.3 Å². The van der Waals surface area contributed by atoms with Crippen molar-refractivity contribution in [3.8, 4) is 0 Å². The number of hydrogen-bond acceptors (Lipinski definition) is 2. The summed E-state index contributed by atoms with van der Waals surface area (Å²) >= 11 is 6.36. The molecule has 0 bridgehead atoms. The van der Waals surface area contributed by atoms with Gasteiger partial charge in [-0.25, -0.2) is 0 Å². The molecule has 0 aliphatic heterocycles. The number of rotatable bonds is 5. The van der Waals surface area contributed by atoms with Crippen LogP contribution in [0.25, 0.3) is 0 Å². The van der Waals surface area contributed by atoms with Crippen molar-refractivity contribution in [3.63, 3.8) is 0 Å². The average Bonchev–Trinajstić information content (AvgIpc) is 2.82. The Hall–Kier alpha value is -1.32. The minimum absolute atomic E-state index is 0.157.